The summed E-state index contributed by atoms with van der Waals surface area (Å²) >= 11 is 3.36. The number of carbonyl (C=O) groups excluding carboxylic acids is 1. The van der Waals surface area contributed by atoms with Gasteiger partial charge < -0.3 is 15.2 Å². The summed E-state index contributed by atoms with van der Waals surface area (Å²) < 4.78 is 6.66. The van der Waals surface area contributed by atoms with E-state index in [1.807, 2.05) is 12.1 Å². The maximum absolute atomic E-state index is 12.1. The van der Waals surface area contributed by atoms with Crippen LogP contribution in [0.5, 0.6) is 0 Å². The highest BCUT2D eigenvalue weighted by atomic mass is 79.9. The van der Waals surface area contributed by atoms with Crippen LogP contribution in [0.4, 0.5) is 0 Å². The molecule has 1 fully saturated rings. The van der Waals surface area contributed by atoms with Crippen LogP contribution in [0.1, 0.15) is 36.0 Å². The lowest BCUT2D eigenvalue weighted by Gasteiger charge is -2.29. The van der Waals surface area contributed by atoms with Crippen molar-refractivity contribution in [2.45, 2.75) is 31.3 Å². The molecule has 2 N–H and O–H groups in total. The van der Waals surface area contributed by atoms with E-state index in [1.165, 1.54) is 0 Å². The minimum atomic E-state index is -0.301. The Hall–Kier alpha value is -0.910. The van der Waals surface area contributed by atoms with E-state index in [9.17, 15) is 4.79 Å². The number of amides is 1. The molecule has 1 saturated carbocycles. The third-order valence-corrected chi connectivity index (χ3v) is 4.17. The van der Waals surface area contributed by atoms with Gasteiger partial charge in [-0.15, -0.1) is 0 Å². The molecule has 1 aromatic carbocycles. The number of aliphatic hydroxyl groups is 1. The average molecular weight is 342 g/mol. The lowest BCUT2D eigenvalue weighted by molar-refractivity contribution is -0.0511. The highest BCUT2D eigenvalue weighted by Crippen LogP contribution is 2.32. The molecule has 0 spiro atoms. The van der Waals surface area contributed by atoms with Gasteiger partial charge in [0.25, 0.3) is 5.91 Å². The van der Waals surface area contributed by atoms with Crippen molar-refractivity contribution in [2.75, 3.05) is 19.8 Å². The van der Waals surface area contributed by atoms with Gasteiger partial charge in [0, 0.05) is 16.6 Å². The van der Waals surface area contributed by atoms with E-state index in [-0.39, 0.29) is 18.1 Å². The molecular weight excluding hydrogens is 322 g/mol. The number of ether oxygens (including phenoxy) is 1. The zero-order chi connectivity index (χ0) is 14.4. The lowest BCUT2D eigenvalue weighted by Crippen LogP contribution is -2.43. The molecule has 110 valence electrons. The minimum absolute atomic E-state index is 0.0152. The van der Waals surface area contributed by atoms with Gasteiger partial charge in [0.2, 0.25) is 0 Å². The van der Waals surface area contributed by atoms with E-state index in [0.717, 1.165) is 30.2 Å². The molecule has 0 radical (unpaired) electrons. The summed E-state index contributed by atoms with van der Waals surface area (Å²) in [5.74, 6) is -0.0924. The lowest BCUT2D eigenvalue weighted by atomic mass is 10.0. The summed E-state index contributed by atoms with van der Waals surface area (Å²) in [6, 6.07) is 7.31. The molecule has 0 bridgehead atoms. The van der Waals surface area contributed by atoms with Gasteiger partial charge in [0.1, 0.15) is 0 Å². The van der Waals surface area contributed by atoms with Crippen LogP contribution in [0.3, 0.4) is 0 Å². The molecular formula is C15H20BrNO3. The van der Waals surface area contributed by atoms with Gasteiger partial charge in [-0.05, 0) is 31.0 Å². The molecule has 0 saturated heterocycles. The monoisotopic (exact) mass is 341 g/mol. The van der Waals surface area contributed by atoms with Crippen molar-refractivity contribution < 1.29 is 14.6 Å². The van der Waals surface area contributed by atoms with Gasteiger partial charge in [-0.3, -0.25) is 4.79 Å². The quantitative estimate of drug-likeness (QED) is 0.835. The molecule has 1 amide bonds. The first-order chi connectivity index (χ1) is 9.65. The number of benzene rings is 1. The van der Waals surface area contributed by atoms with E-state index in [2.05, 4.69) is 21.2 Å². The molecule has 0 atom stereocenters. The first kappa shape index (κ1) is 15.5. The Morgan fingerprint density at radius 2 is 2.15 bits per heavy atom. The molecule has 5 heteroatoms. The van der Waals surface area contributed by atoms with Crippen LogP contribution in [-0.2, 0) is 4.74 Å². The van der Waals surface area contributed by atoms with Crippen molar-refractivity contribution in [1.29, 1.82) is 0 Å². The molecule has 2 rings (SSSR count). The molecule has 20 heavy (non-hydrogen) atoms. The van der Waals surface area contributed by atoms with Crippen molar-refractivity contribution in [1.82, 2.24) is 5.32 Å². The largest absolute Gasteiger partial charge is 0.394 e. The normalized spacial score (nSPS) is 17.1. The third-order valence-electron chi connectivity index (χ3n) is 3.67. The number of hydrogen-bond donors (Lipinski definition) is 2. The highest BCUT2D eigenvalue weighted by molar-refractivity contribution is 9.10. The number of hydrogen-bond acceptors (Lipinski definition) is 3. The Kier molecular flexibility index (Phi) is 5.57. The highest BCUT2D eigenvalue weighted by Gasteiger charge is 2.35. The van der Waals surface area contributed by atoms with Crippen LogP contribution in [0.15, 0.2) is 28.7 Å². The summed E-state index contributed by atoms with van der Waals surface area (Å²) in [6.07, 6.45) is 4.09. The molecule has 1 aromatic rings. The Balaban J connectivity index is 1.94. The minimum Gasteiger partial charge on any atom is -0.394 e. The Bertz CT molecular complexity index is 458. The Labute approximate surface area is 127 Å². The van der Waals surface area contributed by atoms with Crippen LogP contribution in [0.25, 0.3) is 0 Å². The van der Waals surface area contributed by atoms with E-state index >= 15 is 0 Å². The van der Waals surface area contributed by atoms with E-state index in [0.29, 0.717) is 18.7 Å². The van der Waals surface area contributed by atoms with Crippen LogP contribution in [0.2, 0.25) is 0 Å². The summed E-state index contributed by atoms with van der Waals surface area (Å²) in [5, 5.41) is 11.9. The fraction of sp³-hybridized carbons (Fsp3) is 0.533. The smallest absolute Gasteiger partial charge is 0.251 e. The first-order valence-corrected chi connectivity index (χ1v) is 7.73. The van der Waals surface area contributed by atoms with E-state index in [1.54, 1.807) is 12.1 Å². The standard InChI is InChI=1S/C15H20BrNO3/c16-13-5-3-4-12(10-13)14(19)17-11-15(20-9-8-18)6-1-2-7-15/h3-5,10,18H,1-2,6-9,11H2,(H,17,19). The van der Waals surface area contributed by atoms with E-state index in [4.69, 9.17) is 9.84 Å². The predicted molar refractivity (Wildman–Crippen MR) is 80.7 cm³/mol. The molecule has 0 aliphatic heterocycles. The molecule has 0 heterocycles. The molecule has 0 aromatic heterocycles. The van der Waals surface area contributed by atoms with E-state index < -0.39 is 0 Å². The van der Waals surface area contributed by atoms with Gasteiger partial charge in [0.15, 0.2) is 0 Å². The van der Waals surface area contributed by atoms with Crippen molar-refractivity contribution in [3.8, 4) is 0 Å². The SMILES string of the molecule is O=C(NCC1(OCCO)CCCC1)c1cccc(Br)c1. The molecule has 0 unspecified atom stereocenters. The topological polar surface area (TPSA) is 58.6 Å². The fourth-order valence-corrected chi connectivity index (χ4v) is 3.03. The van der Waals surface area contributed by atoms with Crippen LogP contribution >= 0.6 is 15.9 Å². The second kappa shape index (κ2) is 7.20. The van der Waals surface area contributed by atoms with Crippen molar-refractivity contribution in [3.63, 3.8) is 0 Å². The fourth-order valence-electron chi connectivity index (χ4n) is 2.63. The molecule has 4 nitrogen and oxygen atoms in total. The van der Waals surface area contributed by atoms with Gasteiger partial charge in [-0.2, -0.15) is 0 Å². The van der Waals surface area contributed by atoms with Gasteiger partial charge >= 0.3 is 0 Å². The summed E-state index contributed by atoms with van der Waals surface area (Å²) in [4.78, 5) is 12.1. The van der Waals surface area contributed by atoms with Gasteiger partial charge in [0.05, 0.1) is 18.8 Å². The summed E-state index contributed by atoms with van der Waals surface area (Å²) in [5.41, 5.74) is 0.333. The Morgan fingerprint density at radius 3 is 2.80 bits per heavy atom. The second-order valence-corrected chi connectivity index (χ2v) is 6.07. The number of nitrogens with one attached hydrogen (secondary N) is 1. The first-order valence-electron chi connectivity index (χ1n) is 6.94. The zero-order valence-corrected chi connectivity index (χ0v) is 13.0. The average Bonchev–Trinajstić information content (AvgIpc) is 2.92. The van der Waals surface area contributed by atoms with Crippen molar-refractivity contribution in [3.05, 3.63) is 34.3 Å². The summed E-state index contributed by atoms with van der Waals surface area (Å²) in [7, 11) is 0. The molecule has 1 aliphatic carbocycles. The number of carbonyl (C=O) groups is 1. The maximum Gasteiger partial charge on any atom is 0.251 e. The number of halogens is 1. The Morgan fingerprint density at radius 1 is 1.40 bits per heavy atom. The summed E-state index contributed by atoms with van der Waals surface area (Å²) in [6.45, 7) is 0.840. The van der Waals surface area contributed by atoms with Crippen LogP contribution in [0, 0.1) is 0 Å². The zero-order valence-electron chi connectivity index (χ0n) is 11.4. The van der Waals surface area contributed by atoms with Gasteiger partial charge in [-0.25, -0.2) is 0 Å². The van der Waals surface area contributed by atoms with Gasteiger partial charge in [-0.1, -0.05) is 34.8 Å². The third kappa shape index (κ3) is 4.04. The second-order valence-electron chi connectivity index (χ2n) is 5.16. The number of rotatable bonds is 6. The predicted octanol–water partition coefficient (Wildman–Crippen LogP) is 2.50. The maximum atomic E-state index is 12.1. The van der Waals surface area contributed by atoms with Crippen molar-refractivity contribution in [2.24, 2.45) is 0 Å². The van der Waals surface area contributed by atoms with Crippen LogP contribution in [-0.4, -0.2) is 36.4 Å². The number of aliphatic hydroxyl groups excluding tert-OH is 1. The van der Waals surface area contributed by atoms with Crippen LogP contribution < -0.4 is 5.32 Å². The molecule has 1 aliphatic rings. The van der Waals surface area contributed by atoms with Crippen molar-refractivity contribution >= 4 is 21.8 Å².